The normalized spacial score (nSPS) is 12.0. The molecule has 1 atom stereocenters. The van der Waals surface area contributed by atoms with Crippen LogP contribution >= 0.6 is 0 Å². The fourth-order valence-corrected chi connectivity index (χ4v) is 8.87. The van der Waals surface area contributed by atoms with E-state index in [-0.39, 0.29) is 31.1 Å². The first-order valence-corrected chi connectivity index (χ1v) is 28.7. The summed E-state index contributed by atoms with van der Waals surface area (Å²) in [4.78, 5) is 38.1. The van der Waals surface area contributed by atoms with Crippen molar-refractivity contribution in [2.24, 2.45) is 11.8 Å². The van der Waals surface area contributed by atoms with Crippen molar-refractivity contribution in [3.05, 3.63) is 0 Å². The van der Waals surface area contributed by atoms with Gasteiger partial charge in [0.15, 0.2) is 6.10 Å². The number of esters is 3. The van der Waals surface area contributed by atoms with Gasteiger partial charge in [0, 0.05) is 19.3 Å². The molecule has 0 bridgehead atoms. The summed E-state index contributed by atoms with van der Waals surface area (Å²) in [5, 5.41) is 0. The Kier molecular flexibility index (Phi) is 49.6. The van der Waals surface area contributed by atoms with Gasteiger partial charge in [0.1, 0.15) is 13.2 Å². The van der Waals surface area contributed by atoms with Crippen molar-refractivity contribution in [2.45, 2.75) is 330 Å². The first kappa shape index (κ1) is 62.4. The van der Waals surface area contributed by atoms with Crippen molar-refractivity contribution in [2.75, 3.05) is 13.2 Å². The maximum absolute atomic E-state index is 12.8. The monoisotopic (exact) mass is 905 g/mol. The molecule has 0 aromatic heterocycles. The highest BCUT2D eigenvalue weighted by Gasteiger charge is 2.19. The van der Waals surface area contributed by atoms with Crippen LogP contribution in [0, 0.1) is 11.8 Å². The SMILES string of the molecule is CCCCCCCCCCCCCCCC(=O)O[C@H](COC(=O)CCCCCCCCCCCCCCCCCCC(C)C)COC(=O)CCCCCCCCCCCCCC(C)C. The Balaban J connectivity index is 4.26. The van der Waals surface area contributed by atoms with Crippen molar-refractivity contribution < 1.29 is 28.6 Å². The van der Waals surface area contributed by atoms with Crippen molar-refractivity contribution in [1.82, 2.24) is 0 Å². The second kappa shape index (κ2) is 50.8. The lowest BCUT2D eigenvalue weighted by Gasteiger charge is -2.18. The lowest BCUT2D eigenvalue weighted by atomic mass is 10.0. The van der Waals surface area contributed by atoms with E-state index in [0.29, 0.717) is 19.3 Å². The molecule has 0 aromatic rings. The predicted octanol–water partition coefficient (Wildman–Crippen LogP) is 18.9. The van der Waals surface area contributed by atoms with Gasteiger partial charge in [-0.1, -0.05) is 285 Å². The lowest BCUT2D eigenvalue weighted by molar-refractivity contribution is -0.167. The highest BCUT2D eigenvalue weighted by atomic mass is 16.6. The Morgan fingerprint density at radius 3 is 0.766 bits per heavy atom. The standard InChI is InChI=1S/C58H112O6/c1-6-7-8-9-10-11-12-17-24-30-35-40-45-50-58(61)64-55(52-63-57(60)49-44-39-34-29-25-20-22-27-32-37-42-47-54(4)5)51-62-56(59)48-43-38-33-28-23-19-16-14-13-15-18-21-26-31-36-41-46-53(2)3/h53-55H,6-52H2,1-5H3/t55-/m1/s1. The molecule has 0 unspecified atom stereocenters. The van der Waals surface area contributed by atoms with E-state index in [4.69, 9.17) is 14.2 Å². The summed E-state index contributed by atoms with van der Waals surface area (Å²) in [7, 11) is 0. The van der Waals surface area contributed by atoms with Crippen LogP contribution in [0.15, 0.2) is 0 Å². The second-order valence-electron chi connectivity index (χ2n) is 20.9. The van der Waals surface area contributed by atoms with Crippen LogP contribution < -0.4 is 0 Å². The van der Waals surface area contributed by atoms with E-state index < -0.39 is 6.10 Å². The lowest BCUT2D eigenvalue weighted by Crippen LogP contribution is -2.30. The average Bonchev–Trinajstić information content (AvgIpc) is 3.27. The molecule has 0 N–H and O–H groups in total. The third-order valence-electron chi connectivity index (χ3n) is 13.2. The van der Waals surface area contributed by atoms with Crippen LogP contribution in [0.3, 0.4) is 0 Å². The molecule has 6 heteroatoms. The van der Waals surface area contributed by atoms with Gasteiger partial charge in [0.2, 0.25) is 0 Å². The second-order valence-corrected chi connectivity index (χ2v) is 20.9. The van der Waals surface area contributed by atoms with E-state index in [2.05, 4.69) is 34.6 Å². The van der Waals surface area contributed by atoms with Crippen LogP contribution in [-0.2, 0) is 28.6 Å². The Hall–Kier alpha value is -1.59. The smallest absolute Gasteiger partial charge is 0.306 e. The van der Waals surface area contributed by atoms with Crippen molar-refractivity contribution in [3.63, 3.8) is 0 Å². The first-order chi connectivity index (χ1) is 31.2. The molecule has 0 fully saturated rings. The summed E-state index contributed by atoms with van der Waals surface area (Å²) in [5.74, 6) is 0.840. The molecule has 0 aromatic carbocycles. The van der Waals surface area contributed by atoms with Gasteiger partial charge in [-0.25, -0.2) is 0 Å². The number of hydrogen-bond donors (Lipinski definition) is 0. The molecular formula is C58H112O6. The zero-order chi connectivity index (χ0) is 46.8. The highest BCUT2D eigenvalue weighted by Crippen LogP contribution is 2.18. The number of rotatable bonds is 52. The molecule has 0 radical (unpaired) electrons. The van der Waals surface area contributed by atoms with Gasteiger partial charge in [0.05, 0.1) is 0 Å². The van der Waals surface area contributed by atoms with Crippen LogP contribution in [-0.4, -0.2) is 37.2 Å². The molecule has 64 heavy (non-hydrogen) atoms. The van der Waals surface area contributed by atoms with Gasteiger partial charge in [-0.05, 0) is 31.1 Å². The molecule has 6 nitrogen and oxygen atoms in total. The van der Waals surface area contributed by atoms with Crippen LogP contribution in [0.5, 0.6) is 0 Å². The molecule has 0 aliphatic carbocycles. The average molecular weight is 906 g/mol. The summed E-state index contributed by atoms with van der Waals surface area (Å²) in [5.41, 5.74) is 0. The van der Waals surface area contributed by atoms with Gasteiger partial charge < -0.3 is 14.2 Å². The van der Waals surface area contributed by atoms with Crippen molar-refractivity contribution >= 4 is 17.9 Å². The zero-order valence-electron chi connectivity index (χ0n) is 43.9. The number of carbonyl (C=O) groups excluding carboxylic acids is 3. The molecule has 0 aliphatic heterocycles. The summed E-state index contributed by atoms with van der Waals surface area (Å²) >= 11 is 0. The van der Waals surface area contributed by atoms with Crippen LogP contribution in [0.25, 0.3) is 0 Å². The van der Waals surface area contributed by atoms with E-state index >= 15 is 0 Å². The maximum Gasteiger partial charge on any atom is 0.306 e. The largest absolute Gasteiger partial charge is 0.462 e. The van der Waals surface area contributed by atoms with Gasteiger partial charge in [-0.15, -0.1) is 0 Å². The fraction of sp³-hybridized carbons (Fsp3) is 0.948. The number of ether oxygens (including phenoxy) is 3. The zero-order valence-corrected chi connectivity index (χ0v) is 43.9. The van der Waals surface area contributed by atoms with Gasteiger partial charge in [0.25, 0.3) is 0 Å². The first-order valence-electron chi connectivity index (χ1n) is 28.7. The van der Waals surface area contributed by atoms with E-state index in [1.807, 2.05) is 0 Å². The van der Waals surface area contributed by atoms with Gasteiger partial charge >= 0.3 is 17.9 Å². The summed E-state index contributed by atoms with van der Waals surface area (Å²) in [6.07, 6.45) is 53.8. The molecule has 0 saturated heterocycles. The van der Waals surface area contributed by atoms with Crippen LogP contribution in [0.1, 0.15) is 324 Å². The summed E-state index contributed by atoms with van der Waals surface area (Å²) < 4.78 is 16.9. The van der Waals surface area contributed by atoms with Crippen LogP contribution in [0.2, 0.25) is 0 Å². The van der Waals surface area contributed by atoms with Gasteiger partial charge in [-0.2, -0.15) is 0 Å². The summed E-state index contributed by atoms with van der Waals surface area (Å²) in [6.45, 7) is 11.4. The molecule has 380 valence electrons. The number of unbranched alkanes of at least 4 members (excludes halogenated alkanes) is 37. The molecule has 0 rings (SSSR count). The van der Waals surface area contributed by atoms with Gasteiger partial charge in [-0.3, -0.25) is 14.4 Å². The third kappa shape index (κ3) is 51.4. The molecule has 0 spiro atoms. The molecule has 0 saturated carbocycles. The van der Waals surface area contributed by atoms with E-state index in [0.717, 1.165) is 69.6 Å². The Morgan fingerprint density at radius 2 is 0.516 bits per heavy atom. The minimum absolute atomic E-state index is 0.0627. The Bertz CT molecular complexity index is 978. The highest BCUT2D eigenvalue weighted by molar-refractivity contribution is 5.71. The number of carbonyl (C=O) groups is 3. The minimum Gasteiger partial charge on any atom is -0.462 e. The van der Waals surface area contributed by atoms with Crippen molar-refractivity contribution in [1.29, 1.82) is 0 Å². The van der Waals surface area contributed by atoms with E-state index in [1.165, 1.54) is 212 Å². The maximum atomic E-state index is 12.8. The quantitative estimate of drug-likeness (QED) is 0.0344. The predicted molar refractivity (Wildman–Crippen MR) is 275 cm³/mol. The Labute approximate surface area is 399 Å². The molecular weight excluding hydrogens is 793 g/mol. The topological polar surface area (TPSA) is 78.9 Å². The molecule has 0 heterocycles. The Morgan fingerprint density at radius 1 is 0.297 bits per heavy atom. The van der Waals surface area contributed by atoms with E-state index in [9.17, 15) is 14.4 Å². The van der Waals surface area contributed by atoms with E-state index in [1.54, 1.807) is 0 Å². The fourth-order valence-electron chi connectivity index (χ4n) is 8.87. The summed E-state index contributed by atoms with van der Waals surface area (Å²) in [6, 6.07) is 0. The number of hydrogen-bond acceptors (Lipinski definition) is 6. The minimum atomic E-state index is -0.762. The van der Waals surface area contributed by atoms with Crippen LogP contribution in [0.4, 0.5) is 0 Å². The molecule has 0 amide bonds. The third-order valence-corrected chi connectivity index (χ3v) is 13.2. The van der Waals surface area contributed by atoms with Crippen molar-refractivity contribution in [3.8, 4) is 0 Å². The molecule has 0 aliphatic rings.